The first-order valence-electron chi connectivity index (χ1n) is 8.59. The van der Waals surface area contributed by atoms with Crippen LogP contribution in [0.4, 0.5) is 5.69 Å². The molecule has 0 aliphatic rings. The highest BCUT2D eigenvalue weighted by Crippen LogP contribution is 2.29. The van der Waals surface area contributed by atoms with Crippen LogP contribution >= 0.6 is 11.8 Å². The number of aliphatic imine (C=N–C) groups is 1. The number of rotatable bonds is 7. The van der Waals surface area contributed by atoms with Gasteiger partial charge in [0.05, 0.1) is 36.8 Å². The molecule has 0 unspecified atom stereocenters. The van der Waals surface area contributed by atoms with Crippen LogP contribution in [0.15, 0.2) is 34.4 Å². The number of hydrazone groups is 1. The number of carbonyl (C=O) groups is 2. The highest BCUT2D eigenvalue weighted by Gasteiger charge is 2.13. The minimum Gasteiger partial charge on any atom is -0.494 e. The van der Waals surface area contributed by atoms with Gasteiger partial charge in [-0.1, -0.05) is 11.8 Å². The molecule has 2 aromatic rings. The number of carboxylic acid groups (broad SMARTS) is 1. The number of benzene rings is 1. The number of aromatic amines is 1. The number of esters is 1. The van der Waals surface area contributed by atoms with Crippen molar-refractivity contribution in [3.05, 3.63) is 46.8 Å². The zero-order valence-corrected chi connectivity index (χ0v) is 17.3. The van der Waals surface area contributed by atoms with Crippen LogP contribution in [0, 0.1) is 6.92 Å². The largest absolute Gasteiger partial charge is 0.494 e. The van der Waals surface area contributed by atoms with E-state index in [0.717, 1.165) is 0 Å². The van der Waals surface area contributed by atoms with Crippen LogP contribution in [0.3, 0.4) is 0 Å². The van der Waals surface area contributed by atoms with Crippen LogP contribution in [0.2, 0.25) is 0 Å². The topological polar surface area (TPSA) is 125 Å². The molecule has 0 bridgehead atoms. The Labute approximate surface area is 172 Å². The van der Waals surface area contributed by atoms with Crippen molar-refractivity contribution in [3.8, 4) is 5.75 Å². The number of carbonyl (C=O) groups excluding carboxylic acids is 1. The number of thioether (sulfide) groups is 1. The van der Waals surface area contributed by atoms with Crippen molar-refractivity contribution < 1.29 is 24.2 Å². The Morgan fingerprint density at radius 1 is 1.34 bits per heavy atom. The molecule has 0 fully saturated rings. The number of hydrogen-bond acceptors (Lipinski definition) is 7. The van der Waals surface area contributed by atoms with E-state index in [0.29, 0.717) is 40.2 Å². The number of methoxy groups -OCH3 is 1. The molecule has 1 aromatic heterocycles. The number of aromatic nitrogens is 1. The fraction of sp³-hybridized carbons (Fsp3) is 0.263. The molecule has 154 valence electrons. The summed E-state index contributed by atoms with van der Waals surface area (Å²) in [4.78, 5) is 30.5. The molecule has 0 aliphatic carbocycles. The van der Waals surface area contributed by atoms with Crippen molar-refractivity contribution in [1.82, 2.24) is 10.4 Å². The summed E-state index contributed by atoms with van der Waals surface area (Å²) in [6.07, 6.45) is 3.30. The van der Waals surface area contributed by atoms with Gasteiger partial charge in [0, 0.05) is 5.69 Å². The van der Waals surface area contributed by atoms with Crippen molar-refractivity contribution in [2.75, 3.05) is 20.0 Å². The third kappa shape index (κ3) is 5.85. The van der Waals surface area contributed by atoms with Gasteiger partial charge in [0.25, 0.3) is 0 Å². The van der Waals surface area contributed by atoms with Crippen molar-refractivity contribution in [2.45, 2.75) is 13.8 Å². The summed E-state index contributed by atoms with van der Waals surface area (Å²) in [5.74, 6) is -1.02. The highest BCUT2D eigenvalue weighted by atomic mass is 32.2. The molecule has 0 saturated heterocycles. The first-order chi connectivity index (χ1) is 13.9. The smallest absolute Gasteiger partial charge is 0.339 e. The van der Waals surface area contributed by atoms with Crippen LogP contribution in [-0.2, 0) is 4.74 Å². The molecule has 0 spiro atoms. The second kappa shape index (κ2) is 10.3. The highest BCUT2D eigenvalue weighted by molar-refractivity contribution is 8.13. The standard InChI is InChI=1S/C19H22N4O5S/c1-5-28-18(26)14-9-13(21-11(14)2)10-20-23-19(29-4)22-15-8-12(17(24)25)6-7-16(15)27-3/h6-10,21H,5H2,1-4H3,(H,22,23)(H,24,25)/b20-10+. The van der Waals surface area contributed by atoms with Gasteiger partial charge in [0.15, 0.2) is 5.17 Å². The molecule has 3 N–H and O–H groups in total. The van der Waals surface area contributed by atoms with E-state index in [1.54, 1.807) is 32.2 Å². The van der Waals surface area contributed by atoms with Crippen LogP contribution in [-0.4, -0.2) is 53.4 Å². The molecule has 0 aliphatic heterocycles. The normalized spacial score (nSPS) is 11.5. The average Bonchev–Trinajstić information content (AvgIpc) is 3.07. The Hall–Kier alpha value is -3.27. The molecule has 0 amide bonds. The number of nitrogens with one attached hydrogen (secondary N) is 2. The fourth-order valence-corrected chi connectivity index (χ4v) is 2.70. The van der Waals surface area contributed by atoms with Gasteiger partial charge in [-0.2, -0.15) is 5.10 Å². The molecular weight excluding hydrogens is 396 g/mol. The van der Waals surface area contributed by atoms with Crippen molar-refractivity contribution in [1.29, 1.82) is 0 Å². The first-order valence-corrected chi connectivity index (χ1v) is 9.81. The molecule has 0 atom stereocenters. The van der Waals surface area contributed by atoms with Gasteiger partial charge >= 0.3 is 11.9 Å². The van der Waals surface area contributed by atoms with Crippen LogP contribution in [0.25, 0.3) is 0 Å². The summed E-state index contributed by atoms with van der Waals surface area (Å²) in [7, 11) is 1.48. The minimum absolute atomic E-state index is 0.0989. The minimum atomic E-state index is -1.06. The Morgan fingerprint density at radius 2 is 2.10 bits per heavy atom. The van der Waals surface area contributed by atoms with Gasteiger partial charge in [-0.05, 0) is 44.4 Å². The van der Waals surface area contributed by atoms with Gasteiger partial charge in [-0.15, -0.1) is 0 Å². The molecule has 1 aromatic carbocycles. The molecule has 1 heterocycles. The van der Waals surface area contributed by atoms with E-state index < -0.39 is 11.9 Å². The lowest BCUT2D eigenvalue weighted by molar-refractivity contribution is 0.0525. The number of aryl methyl sites for hydroxylation is 1. The van der Waals surface area contributed by atoms with Gasteiger partial charge in [0.1, 0.15) is 11.4 Å². The maximum absolute atomic E-state index is 11.9. The molecule has 10 heteroatoms. The van der Waals surface area contributed by atoms with E-state index in [4.69, 9.17) is 14.6 Å². The zero-order valence-electron chi connectivity index (χ0n) is 16.5. The van der Waals surface area contributed by atoms with Crippen molar-refractivity contribution in [2.24, 2.45) is 10.1 Å². The number of nitrogens with zero attached hydrogens (tertiary/aromatic N) is 2. The fourth-order valence-electron chi connectivity index (χ4n) is 2.37. The number of ether oxygens (including phenoxy) is 2. The van der Waals surface area contributed by atoms with Gasteiger partial charge < -0.3 is 19.6 Å². The SMILES string of the molecule is CCOC(=O)c1cc(/C=N/NC(=Nc2cc(C(=O)O)ccc2OC)SC)[nH]c1C. The number of hydrogen-bond donors (Lipinski definition) is 3. The lowest BCUT2D eigenvalue weighted by atomic mass is 10.2. The van der Waals surface area contributed by atoms with E-state index in [9.17, 15) is 9.59 Å². The van der Waals surface area contributed by atoms with Crippen LogP contribution in [0.5, 0.6) is 5.75 Å². The maximum Gasteiger partial charge on any atom is 0.339 e. The monoisotopic (exact) mass is 418 g/mol. The van der Waals surface area contributed by atoms with E-state index in [2.05, 4.69) is 20.5 Å². The predicted octanol–water partition coefficient (Wildman–Crippen LogP) is 3.18. The van der Waals surface area contributed by atoms with Gasteiger partial charge in [0.2, 0.25) is 0 Å². The quantitative estimate of drug-likeness (QED) is 0.273. The second-order valence-corrected chi connectivity index (χ2v) is 6.46. The lowest BCUT2D eigenvalue weighted by Gasteiger charge is -2.07. The Morgan fingerprint density at radius 3 is 2.72 bits per heavy atom. The summed E-state index contributed by atoms with van der Waals surface area (Å²) in [6.45, 7) is 3.82. The number of H-pyrrole nitrogens is 1. The molecule has 29 heavy (non-hydrogen) atoms. The summed E-state index contributed by atoms with van der Waals surface area (Å²) >= 11 is 1.29. The number of carboxylic acids is 1. The lowest BCUT2D eigenvalue weighted by Crippen LogP contribution is -2.13. The van der Waals surface area contributed by atoms with Crippen LogP contribution in [0.1, 0.15) is 39.0 Å². The van der Waals surface area contributed by atoms with Crippen molar-refractivity contribution >= 4 is 40.8 Å². The summed E-state index contributed by atoms with van der Waals surface area (Å²) in [5.41, 5.74) is 4.99. The van der Waals surface area contributed by atoms with E-state index in [1.807, 2.05) is 0 Å². The third-order valence-electron chi connectivity index (χ3n) is 3.74. The summed E-state index contributed by atoms with van der Waals surface area (Å²) in [6, 6.07) is 6.05. The second-order valence-electron chi connectivity index (χ2n) is 5.67. The molecule has 0 saturated carbocycles. The maximum atomic E-state index is 11.9. The predicted molar refractivity (Wildman–Crippen MR) is 113 cm³/mol. The third-order valence-corrected chi connectivity index (χ3v) is 4.31. The number of aromatic carboxylic acids is 1. The molecule has 2 rings (SSSR count). The van der Waals surface area contributed by atoms with Crippen molar-refractivity contribution in [3.63, 3.8) is 0 Å². The van der Waals surface area contributed by atoms with Gasteiger partial charge in [-0.25, -0.2) is 14.6 Å². The molecular formula is C19H22N4O5S. The van der Waals surface area contributed by atoms with E-state index >= 15 is 0 Å². The first kappa shape index (κ1) is 22.0. The number of amidine groups is 1. The summed E-state index contributed by atoms with van der Waals surface area (Å²) in [5, 5.41) is 13.7. The average molecular weight is 418 g/mol. The molecule has 9 nitrogen and oxygen atoms in total. The zero-order chi connectivity index (χ0) is 21.4. The summed E-state index contributed by atoms with van der Waals surface area (Å²) < 4.78 is 10.2. The van der Waals surface area contributed by atoms with E-state index in [1.165, 1.54) is 37.2 Å². The van der Waals surface area contributed by atoms with Crippen LogP contribution < -0.4 is 10.2 Å². The van der Waals surface area contributed by atoms with Gasteiger partial charge in [-0.3, -0.25) is 5.43 Å². The Bertz CT molecular complexity index is 952. The van der Waals surface area contributed by atoms with E-state index in [-0.39, 0.29) is 5.56 Å². The Kier molecular flexibility index (Phi) is 7.84. The Balaban J connectivity index is 2.18. The molecule has 0 radical (unpaired) electrons.